The van der Waals surface area contributed by atoms with Gasteiger partial charge in [-0.05, 0) is 38.0 Å². The molecule has 0 saturated carbocycles. The van der Waals surface area contributed by atoms with Gasteiger partial charge in [-0.15, -0.1) is 0 Å². The van der Waals surface area contributed by atoms with Crippen LogP contribution >= 0.6 is 0 Å². The lowest BCUT2D eigenvalue weighted by Crippen LogP contribution is -2.32. The van der Waals surface area contributed by atoms with Crippen molar-refractivity contribution < 1.29 is 4.79 Å². The van der Waals surface area contributed by atoms with E-state index in [-0.39, 0.29) is 11.9 Å². The van der Waals surface area contributed by atoms with Crippen LogP contribution in [0.2, 0.25) is 0 Å². The van der Waals surface area contributed by atoms with Crippen molar-refractivity contribution in [2.75, 3.05) is 5.73 Å². The van der Waals surface area contributed by atoms with Crippen molar-refractivity contribution in [2.24, 2.45) is 0 Å². The first-order chi connectivity index (χ1) is 7.04. The SMILES string of the molecule is CCC(C)NC(=O)c1cc(N)ccc1C. The number of aryl methyl sites for hydroxylation is 1. The minimum atomic E-state index is -0.0471. The molecule has 3 N–H and O–H groups in total. The Kier molecular flexibility index (Phi) is 3.72. The summed E-state index contributed by atoms with van der Waals surface area (Å²) >= 11 is 0. The highest BCUT2D eigenvalue weighted by Gasteiger charge is 2.10. The molecule has 0 fully saturated rings. The molecule has 1 amide bonds. The number of anilines is 1. The van der Waals surface area contributed by atoms with Gasteiger partial charge in [-0.3, -0.25) is 4.79 Å². The third kappa shape index (κ3) is 2.98. The third-order valence-electron chi connectivity index (χ3n) is 2.50. The first-order valence-electron chi connectivity index (χ1n) is 5.21. The predicted molar refractivity (Wildman–Crippen MR) is 62.8 cm³/mol. The average molecular weight is 206 g/mol. The van der Waals surface area contributed by atoms with E-state index < -0.39 is 0 Å². The molecule has 3 nitrogen and oxygen atoms in total. The number of hydrogen-bond acceptors (Lipinski definition) is 2. The predicted octanol–water partition coefficient (Wildman–Crippen LogP) is 2.11. The van der Waals surface area contributed by atoms with Crippen LogP contribution in [0.1, 0.15) is 36.2 Å². The standard InChI is InChI=1S/C12H18N2O/c1-4-9(3)14-12(15)11-7-10(13)6-5-8(11)2/h5-7,9H,4,13H2,1-3H3,(H,14,15). The smallest absolute Gasteiger partial charge is 0.251 e. The summed E-state index contributed by atoms with van der Waals surface area (Å²) in [6.07, 6.45) is 0.924. The van der Waals surface area contributed by atoms with Crippen LogP contribution < -0.4 is 11.1 Å². The summed E-state index contributed by atoms with van der Waals surface area (Å²) in [7, 11) is 0. The van der Waals surface area contributed by atoms with Crippen LogP contribution in [0, 0.1) is 6.92 Å². The summed E-state index contributed by atoms with van der Waals surface area (Å²) < 4.78 is 0. The van der Waals surface area contributed by atoms with E-state index in [1.54, 1.807) is 12.1 Å². The van der Waals surface area contributed by atoms with E-state index in [4.69, 9.17) is 5.73 Å². The van der Waals surface area contributed by atoms with Crippen molar-refractivity contribution >= 4 is 11.6 Å². The van der Waals surface area contributed by atoms with Gasteiger partial charge in [-0.2, -0.15) is 0 Å². The number of carbonyl (C=O) groups excluding carboxylic acids is 1. The van der Waals surface area contributed by atoms with Gasteiger partial charge >= 0.3 is 0 Å². The van der Waals surface area contributed by atoms with Crippen LogP contribution in [0.25, 0.3) is 0 Å². The molecule has 0 radical (unpaired) electrons. The zero-order valence-corrected chi connectivity index (χ0v) is 9.50. The fourth-order valence-electron chi connectivity index (χ4n) is 1.29. The monoisotopic (exact) mass is 206 g/mol. The minimum Gasteiger partial charge on any atom is -0.399 e. The topological polar surface area (TPSA) is 55.1 Å². The maximum Gasteiger partial charge on any atom is 0.251 e. The van der Waals surface area contributed by atoms with Gasteiger partial charge in [0.25, 0.3) is 5.91 Å². The molecule has 0 aliphatic carbocycles. The number of carbonyl (C=O) groups is 1. The van der Waals surface area contributed by atoms with E-state index in [1.807, 2.05) is 26.8 Å². The number of rotatable bonds is 3. The van der Waals surface area contributed by atoms with Crippen LogP contribution in [0.5, 0.6) is 0 Å². The molecule has 0 aliphatic rings. The minimum absolute atomic E-state index is 0.0471. The summed E-state index contributed by atoms with van der Waals surface area (Å²) in [4.78, 5) is 11.8. The highest BCUT2D eigenvalue weighted by atomic mass is 16.1. The van der Waals surface area contributed by atoms with Crippen LogP contribution in [0.4, 0.5) is 5.69 Å². The van der Waals surface area contributed by atoms with Crippen LogP contribution in [0.15, 0.2) is 18.2 Å². The quantitative estimate of drug-likeness (QED) is 0.744. The Morgan fingerprint density at radius 1 is 1.53 bits per heavy atom. The Hall–Kier alpha value is -1.51. The normalized spacial score (nSPS) is 12.2. The van der Waals surface area contributed by atoms with Gasteiger partial charge in [0.1, 0.15) is 0 Å². The van der Waals surface area contributed by atoms with E-state index in [1.165, 1.54) is 0 Å². The summed E-state index contributed by atoms with van der Waals surface area (Å²) in [6, 6.07) is 5.57. The van der Waals surface area contributed by atoms with Crippen molar-refractivity contribution in [1.29, 1.82) is 0 Å². The van der Waals surface area contributed by atoms with Crippen LogP contribution in [-0.2, 0) is 0 Å². The Bertz CT molecular complexity index is 361. The summed E-state index contributed by atoms with van der Waals surface area (Å²) in [6.45, 7) is 5.93. The second kappa shape index (κ2) is 4.82. The molecule has 0 spiro atoms. The molecule has 0 saturated heterocycles. The number of nitrogen functional groups attached to an aromatic ring is 1. The Morgan fingerprint density at radius 2 is 2.20 bits per heavy atom. The summed E-state index contributed by atoms with van der Waals surface area (Å²) in [5.74, 6) is -0.0471. The number of nitrogens with two attached hydrogens (primary N) is 1. The Morgan fingerprint density at radius 3 is 2.80 bits per heavy atom. The molecule has 1 aromatic rings. The number of benzene rings is 1. The van der Waals surface area contributed by atoms with E-state index in [9.17, 15) is 4.79 Å². The zero-order valence-electron chi connectivity index (χ0n) is 9.50. The average Bonchev–Trinajstić information content (AvgIpc) is 2.21. The van der Waals surface area contributed by atoms with Gasteiger partial charge < -0.3 is 11.1 Å². The second-order valence-corrected chi connectivity index (χ2v) is 3.86. The zero-order chi connectivity index (χ0) is 11.4. The highest BCUT2D eigenvalue weighted by Crippen LogP contribution is 2.12. The van der Waals surface area contributed by atoms with Crippen molar-refractivity contribution in [3.63, 3.8) is 0 Å². The maximum absolute atomic E-state index is 11.8. The van der Waals surface area contributed by atoms with E-state index in [0.717, 1.165) is 12.0 Å². The van der Waals surface area contributed by atoms with Crippen LogP contribution in [0.3, 0.4) is 0 Å². The molecular formula is C12H18N2O. The van der Waals surface area contributed by atoms with Crippen molar-refractivity contribution in [1.82, 2.24) is 5.32 Å². The maximum atomic E-state index is 11.8. The molecule has 1 atom stereocenters. The van der Waals surface area contributed by atoms with Crippen molar-refractivity contribution in [3.8, 4) is 0 Å². The molecular weight excluding hydrogens is 188 g/mol. The fraction of sp³-hybridized carbons (Fsp3) is 0.417. The summed E-state index contributed by atoms with van der Waals surface area (Å²) in [5.41, 5.74) is 7.88. The van der Waals surface area contributed by atoms with Crippen molar-refractivity contribution in [3.05, 3.63) is 29.3 Å². The molecule has 1 rings (SSSR count). The number of nitrogens with one attached hydrogen (secondary N) is 1. The molecule has 3 heteroatoms. The lowest BCUT2D eigenvalue weighted by Gasteiger charge is -2.13. The van der Waals surface area contributed by atoms with Gasteiger partial charge in [0.05, 0.1) is 0 Å². The molecule has 82 valence electrons. The first kappa shape index (κ1) is 11.6. The lowest BCUT2D eigenvalue weighted by molar-refractivity contribution is 0.0938. The lowest BCUT2D eigenvalue weighted by atomic mass is 10.1. The highest BCUT2D eigenvalue weighted by molar-refractivity contribution is 5.96. The second-order valence-electron chi connectivity index (χ2n) is 3.86. The van der Waals surface area contributed by atoms with Gasteiger partial charge in [-0.25, -0.2) is 0 Å². The van der Waals surface area contributed by atoms with Gasteiger partial charge in [-0.1, -0.05) is 13.0 Å². The molecule has 1 aromatic carbocycles. The van der Waals surface area contributed by atoms with Gasteiger partial charge in [0.15, 0.2) is 0 Å². The fourth-order valence-corrected chi connectivity index (χ4v) is 1.29. The molecule has 0 aromatic heterocycles. The van der Waals surface area contributed by atoms with E-state index in [2.05, 4.69) is 5.32 Å². The molecule has 0 bridgehead atoms. The van der Waals surface area contributed by atoms with E-state index in [0.29, 0.717) is 11.3 Å². The van der Waals surface area contributed by atoms with Crippen LogP contribution in [-0.4, -0.2) is 11.9 Å². The number of hydrogen-bond donors (Lipinski definition) is 2. The molecule has 1 unspecified atom stereocenters. The largest absolute Gasteiger partial charge is 0.399 e. The molecule has 15 heavy (non-hydrogen) atoms. The number of amides is 1. The van der Waals surface area contributed by atoms with Gasteiger partial charge in [0, 0.05) is 17.3 Å². The molecule has 0 heterocycles. The first-order valence-corrected chi connectivity index (χ1v) is 5.21. The molecule has 0 aliphatic heterocycles. The van der Waals surface area contributed by atoms with Gasteiger partial charge in [0.2, 0.25) is 0 Å². The van der Waals surface area contributed by atoms with Crippen molar-refractivity contribution in [2.45, 2.75) is 33.2 Å². The Labute approximate surface area is 90.7 Å². The summed E-state index contributed by atoms with van der Waals surface area (Å²) in [5, 5.41) is 2.92. The third-order valence-corrected chi connectivity index (χ3v) is 2.50. The Balaban J connectivity index is 2.86. The van der Waals surface area contributed by atoms with E-state index >= 15 is 0 Å².